The van der Waals surface area contributed by atoms with Crippen molar-refractivity contribution in [3.63, 3.8) is 0 Å². The molecule has 116 valence electrons. The van der Waals surface area contributed by atoms with Gasteiger partial charge in [0.2, 0.25) is 5.91 Å². The Labute approximate surface area is 121 Å². The lowest BCUT2D eigenvalue weighted by Gasteiger charge is -2.37. The van der Waals surface area contributed by atoms with Crippen molar-refractivity contribution in [1.29, 1.82) is 0 Å². The molecule has 0 radical (unpaired) electrons. The molecule has 1 unspecified atom stereocenters. The van der Waals surface area contributed by atoms with Crippen LogP contribution in [0.5, 0.6) is 0 Å². The minimum atomic E-state index is -0.780. The van der Waals surface area contributed by atoms with E-state index in [0.717, 1.165) is 12.8 Å². The lowest BCUT2D eigenvalue weighted by Crippen LogP contribution is -2.47. The summed E-state index contributed by atoms with van der Waals surface area (Å²) in [5.74, 6) is -1.10. The largest absolute Gasteiger partial charge is 0.465 e. The third-order valence-corrected chi connectivity index (χ3v) is 3.75. The van der Waals surface area contributed by atoms with Gasteiger partial charge in [0, 0.05) is 13.6 Å². The third kappa shape index (κ3) is 4.20. The highest BCUT2D eigenvalue weighted by molar-refractivity contribution is 5.98. The van der Waals surface area contributed by atoms with Gasteiger partial charge in [-0.3, -0.25) is 9.59 Å². The standard InChI is InChI=1S/C15H27NO4/c1-6-20-14(19)12(15(2,3)4)13(18)16(5)9-10-7-11(17)8-10/h10-12,17H,6-9H2,1-5H3. The zero-order chi connectivity index (χ0) is 15.5. The average Bonchev–Trinajstić information content (AvgIpc) is 2.25. The molecule has 0 heterocycles. The van der Waals surface area contributed by atoms with Crippen molar-refractivity contribution in [3.8, 4) is 0 Å². The highest BCUT2D eigenvalue weighted by Crippen LogP contribution is 2.31. The van der Waals surface area contributed by atoms with E-state index in [9.17, 15) is 14.7 Å². The molecule has 5 nitrogen and oxygen atoms in total. The molecule has 1 saturated carbocycles. The van der Waals surface area contributed by atoms with Crippen molar-refractivity contribution >= 4 is 11.9 Å². The predicted molar refractivity (Wildman–Crippen MR) is 75.9 cm³/mol. The number of carbonyl (C=O) groups excluding carboxylic acids is 2. The topological polar surface area (TPSA) is 66.8 Å². The van der Waals surface area contributed by atoms with E-state index < -0.39 is 17.3 Å². The number of hydrogen-bond acceptors (Lipinski definition) is 4. The molecule has 0 aromatic heterocycles. The predicted octanol–water partition coefficient (Wildman–Crippen LogP) is 1.44. The Kier molecular flexibility index (Phi) is 5.57. The van der Waals surface area contributed by atoms with Gasteiger partial charge in [0.1, 0.15) is 5.92 Å². The molecule has 1 amide bonds. The van der Waals surface area contributed by atoms with E-state index in [-0.39, 0.29) is 18.6 Å². The number of amides is 1. The minimum Gasteiger partial charge on any atom is -0.465 e. The van der Waals surface area contributed by atoms with Crippen LogP contribution < -0.4 is 0 Å². The molecule has 1 aliphatic carbocycles. The summed E-state index contributed by atoms with van der Waals surface area (Å²) in [5.41, 5.74) is -0.475. The van der Waals surface area contributed by atoms with Gasteiger partial charge >= 0.3 is 5.97 Å². The van der Waals surface area contributed by atoms with E-state index in [2.05, 4.69) is 0 Å². The summed E-state index contributed by atoms with van der Waals surface area (Å²) in [6, 6.07) is 0. The number of aliphatic hydroxyl groups is 1. The van der Waals surface area contributed by atoms with Crippen LogP contribution in [-0.2, 0) is 14.3 Å². The molecule has 20 heavy (non-hydrogen) atoms. The second kappa shape index (κ2) is 6.57. The van der Waals surface area contributed by atoms with Gasteiger partial charge in [0.15, 0.2) is 0 Å². The number of hydrogen-bond donors (Lipinski definition) is 1. The molecule has 0 aromatic rings. The summed E-state index contributed by atoms with van der Waals surface area (Å²) in [6.07, 6.45) is 1.24. The molecule has 5 heteroatoms. The normalized spacial score (nSPS) is 23.7. The lowest BCUT2D eigenvalue weighted by atomic mass is 9.78. The van der Waals surface area contributed by atoms with Crippen LogP contribution in [0.1, 0.15) is 40.5 Å². The second-order valence-electron chi connectivity index (χ2n) is 6.76. The molecule has 1 N–H and O–H groups in total. The van der Waals surface area contributed by atoms with E-state index in [1.807, 2.05) is 20.8 Å². The van der Waals surface area contributed by atoms with Gasteiger partial charge in [0.05, 0.1) is 12.7 Å². The van der Waals surface area contributed by atoms with Gasteiger partial charge in [-0.25, -0.2) is 0 Å². The second-order valence-corrected chi connectivity index (χ2v) is 6.76. The molecular formula is C15H27NO4. The quantitative estimate of drug-likeness (QED) is 0.613. The van der Waals surface area contributed by atoms with E-state index in [0.29, 0.717) is 12.5 Å². The molecule has 0 bridgehead atoms. The summed E-state index contributed by atoms with van der Waals surface area (Å²) in [4.78, 5) is 26.2. The van der Waals surface area contributed by atoms with Crippen LogP contribution in [0, 0.1) is 17.3 Å². The summed E-state index contributed by atoms with van der Waals surface area (Å²) < 4.78 is 5.04. The highest BCUT2D eigenvalue weighted by atomic mass is 16.5. The van der Waals surface area contributed by atoms with Gasteiger partial charge in [-0.15, -0.1) is 0 Å². The van der Waals surface area contributed by atoms with E-state index in [1.165, 1.54) is 0 Å². The maximum Gasteiger partial charge on any atom is 0.319 e. The first kappa shape index (κ1) is 17.0. The Morgan fingerprint density at radius 3 is 2.30 bits per heavy atom. The monoisotopic (exact) mass is 285 g/mol. The molecule has 1 fully saturated rings. The number of esters is 1. The number of ether oxygens (including phenoxy) is 1. The molecule has 0 spiro atoms. The van der Waals surface area contributed by atoms with Crippen LogP contribution in [0.3, 0.4) is 0 Å². The van der Waals surface area contributed by atoms with Gasteiger partial charge in [-0.05, 0) is 31.1 Å². The van der Waals surface area contributed by atoms with Crippen molar-refractivity contribution in [2.75, 3.05) is 20.2 Å². The van der Waals surface area contributed by atoms with Gasteiger partial charge in [0.25, 0.3) is 0 Å². The maximum absolute atomic E-state index is 12.5. The third-order valence-electron chi connectivity index (χ3n) is 3.75. The van der Waals surface area contributed by atoms with Crippen molar-refractivity contribution < 1.29 is 19.4 Å². The van der Waals surface area contributed by atoms with Crippen LogP contribution >= 0.6 is 0 Å². The fourth-order valence-corrected chi connectivity index (χ4v) is 2.60. The molecule has 0 aromatic carbocycles. The first-order valence-electron chi connectivity index (χ1n) is 7.26. The Balaban J connectivity index is 2.69. The summed E-state index contributed by atoms with van der Waals surface area (Å²) in [7, 11) is 1.71. The summed E-state index contributed by atoms with van der Waals surface area (Å²) in [5, 5.41) is 9.29. The summed E-state index contributed by atoms with van der Waals surface area (Å²) >= 11 is 0. The minimum absolute atomic E-state index is 0.197. The SMILES string of the molecule is CCOC(=O)C(C(=O)N(C)CC1CC(O)C1)C(C)(C)C. The molecular weight excluding hydrogens is 258 g/mol. The van der Waals surface area contributed by atoms with Crippen LogP contribution in [0.4, 0.5) is 0 Å². The van der Waals surface area contributed by atoms with E-state index >= 15 is 0 Å². The zero-order valence-electron chi connectivity index (χ0n) is 13.2. The van der Waals surface area contributed by atoms with Crippen LogP contribution in [0.2, 0.25) is 0 Å². The van der Waals surface area contributed by atoms with E-state index in [4.69, 9.17) is 4.74 Å². The molecule has 1 rings (SSSR count). The number of nitrogens with zero attached hydrogens (tertiary/aromatic N) is 1. The van der Waals surface area contributed by atoms with Crippen LogP contribution in [0.15, 0.2) is 0 Å². The van der Waals surface area contributed by atoms with E-state index in [1.54, 1.807) is 18.9 Å². The fourth-order valence-electron chi connectivity index (χ4n) is 2.60. The van der Waals surface area contributed by atoms with Crippen LogP contribution in [-0.4, -0.2) is 48.2 Å². The Morgan fingerprint density at radius 2 is 1.90 bits per heavy atom. The lowest BCUT2D eigenvalue weighted by molar-refractivity contribution is -0.160. The average molecular weight is 285 g/mol. The van der Waals surface area contributed by atoms with Gasteiger partial charge in [-0.1, -0.05) is 20.8 Å². The fraction of sp³-hybridized carbons (Fsp3) is 0.867. The van der Waals surface area contributed by atoms with Crippen molar-refractivity contribution in [1.82, 2.24) is 4.90 Å². The molecule has 0 aliphatic heterocycles. The summed E-state index contributed by atoms with van der Waals surface area (Å²) in [6.45, 7) is 8.20. The highest BCUT2D eigenvalue weighted by Gasteiger charge is 2.41. The first-order chi connectivity index (χ1) is 9.16. The zero-order valence-corrected chi connectivity index (χ0v) is 13.2. The maximum atomic E-state index is 12.5. The first-order valence-corrected chi connectivity index (χ1v) is 7.26. The molecule has 1 aliphatic rings. The Bertz CT molecular complexity index is 355. The smallest absolute Gasteiger partial charge is 0.319 e. The molecule has 1 atom stereocenters. The molecule has 0 saturated heterocycles. The number of carbonyl (C=O) groups is 2. The van der Waals surface area contributed by atoms with Crippen LogP contribution in [0.25, 0.3) is 0 Å². The number of aliphatic hydroxyl groups excluding tert-OH is 1. The Hall–Kier alpha value is -1.10. The van der Waals surface area contributed by atoms with Crippen molar-refractivity contribution in [3.05, 3.63) is 0 Å². The van der Waals surface area contributed by atoms with Gasteiger partial charge in [-0.2, -0.15) is 0 Å². The Morgan fingerprint density at radius 1 is 1.35 bits per heavy atom. The number of rotatable bonds is 5. The van der Waals surface area contributed by atoms with Gasteiger partial charge < -0.3 is 14.7 Å². The van der Waals surface area contributed by atoms with Crippen molar-refractivity contribution in [2.24, 2.45) is 17.3 Å². The van der Waals surface area contributed by atoms with Crippen molar-refractivity contribution in [2.45, 2.75) is 46.6 Å².